The molecule has 4 aliphatic rings. The first-order valence-electron chi connectivity index (χ1n) is 15.8. The molecule has 0 spiro atoms. The normalized spacial score (nSPS) is 22.3. The molecule has 10 rings (SSSR count). The van der Waals surface area contributed by atoms with Gasteiger partial charge in [-0.25, -0.2) is 0 Å². The van der Waals surface area contributed by atoms with Crippen LogP contribution in [0.15, 0.2) is 121 Å². The zero-order valence-corrected chi connectivity index (χ0v) is 25.6. The second kappa shape index (κ2) is 9.89. The maximum atomic E-state index is 11.2. The van der Waals surface area contributed by atoms with Crippen LogP contribution in [0.4, 0.5) is 0 Å². The van der Waals surface area contributed by atoms with Crippen LogP contribution in [0.2, 0.25) is 0 Å². The van der Waals surface area contributed by atoms with Crippen LogP contribution in [-0.4, -0.2) is 20.4 Å². The average Bonchev–Trinajstić information content (AvgIpc) is 3.77. The van der Waals surface area contributed by atoms with Gasteiger partial charge in [-0.2, -0.15) is 0 Å². The van der Waals surface area contributed by atoms with E-state index in [2.05, 4.69) is 11.8 Å². The lowest BCUT2D eigenvalue weighted by atomic mass is 9.88. The number of hydrogen-bond acceptors (Lipinski definition) is 4. The highest BCUT2D eigenvalue weighted by molar-refractivity contribution is 5.91. The van der Waals surface area contributed by atoms with Crippen molar-refractivity contribution in [1.82, 2.24) is 0 Å². The van der Waals surface area contributed by atoms with Gasteiger partial charge < -0.3 is 20.4 Å². The highest BCUT2D eigenvalue weighted by atomic mass is 16.3. The predicted molar refractivity (Wildman–Crippen MR) is 186 cm³/mol. The summed E-state index contributed by atoms with van der Waals surface area (Å²) in [7, 11) is 0. The molecule has 228 valence electrons. The summed E-state index contributed by atoms with van der Waals surface area (Å²) in [6.45, 7) is 0. The van der Waals surface area contributed by atoms with Gasteiger partial charge in [0.25, 0.3) is 0 Å². The van der Waals surface area contributed by atoms with E-state index < -0.39 is 23.4 Å². The largest absolute Gasteiger partial charge is 0.384 e. The summed E-state index contributed by atoms with van der Waals surface area (Å²) in [5.41, 5.74) is 11.0. The van der Waals surface area contributed by atoms with Crippen molar-refractivity contribution in [3.05, 3.63) is 166 Å². The molecular formula is C44H28O4. The van der Waals surface area contributed by atoms with E-state index in [4.69, 9.17) is 12.8 Å². The van der Waals surface area contributed by atoms with Gasteiger partial charge >= 0.3 is 0 Å². The number of terminal acetylenes is 2. The molecule has 4 nitrogen and oxygen atoms in total. The third kappa shape index (κ3) is 3.55. The van der Waals surface area contributed by atoms with Crippen LogP contribution in [0, 0.1) is 24.7 Å². The van der Waals surface area contributed by atoms with Crippen LogP contribution in [0.5, 0.6) is 0 Å². The third-order valence-electron chi connectivity index (χ3n) is 10.5. The summed E-state index contributed by atoms with van der Waals surface area (Å²) in [4.78, 5) is 0. The van der Waals surface area contributed by atoms with Crippen LogP contribution in [0.25, 0.3) is 44.5 Å². The third-order valence-corrected chi connectivity index (χ3v) is 10.5. The first-order valence-corrected chi connectivity index (χ1v) is 15.8. The van der Waals surface area contributed by atoms with Crippen LogP contribution < -0.4 is 0 Å². The fourth-order valence-electron chi connectivity index (χ4n) is 8.16. The van der Waals surface area contributed by atoms with E-state index >= 15 is 0 Å². The van der Waals surface area contributed by atoms with Crippen molar-refractivity contribution in [2.75, 3.05) is 0 Å². The molecule has 0 aliphatic heterocycles. The summed E-state index contributed by atoms with van der Waals surface area (Å²) in [6.07, 6.45) is 10.3. The minimum Gasteiger partial charge on any atom is -0.384 e. The number of hydrogen-bond donors (Lipinski definition) is 4. The Morgan fingerprint density at radius 3 is 1.15 bits per heavy atom. The van der Waals surface area contributed by atoms with Gasteiger partial charge in [0.15, 0.2) is 11.2 Å². The van der Waals surface area contributed by atoms with Crippen molar-refractivity contribution in [2.24, 2.45) is 0 Å². The first kappa shape index (κ1) is 28.5. The molecule has 6 aromatic carbocycles. The van der Waals surface area contributed by atoms with E-state index in [1.54, 1.807) is 0 Å². The summed E-state index contributed by atoms with van der Waals surface area (Å²) in [5.74, 6) is 5.11. The monoisotopic (exact) mass is 620 g/mol. The molecule has 4 aliphatic carbocycles. The lowest BCUT2D eigenvalue weighted by Crippen LogP contribution is -2.23. The summed E-state index contributed by atoms with van der Waals surface area (Å²) in [5, 5.41) is 43.7. The van der Waals surface area contributed by atoms with E-state index in [-0.39, 0.29) is 0 Å². The number of aliphatic hydroxyl groups is 4. The predicted octanol–water partition coefficient (Wildman–Crippen LogP) is 7.20. The highest BCUT2D eigenvalue weighted by Crippen LogP contribution is 2.55. The van der Waals surface area contributed by atoms with Gasteiger partial charge in [-0.3, -0.25) is 0 Å². The maximum Gasteiger partial charge on any atom is 0.177 e. The molecule has 0 fully saturated rings. The van der Waals surface area contributed by atoms with Gasteiger partial charge in [-0.1, -0.05) is 109 Å². The van der Waals surface area contributed by atoms with Crippen molar-refractivity contribution in [3.63, 3.8) is 0 Å². The Morgan fingerprint density at radius 2 is 0.750 bits per heavy atom. The molecule has 4 unspecified atom stereocenters. The van der Waals surface area contributed by atoms with Gasteiger partial charge in [0.05, 0.1) is 0 Å². The van der Waals surface area contributed by atoms with Gasteiger partial charge in [0.1, 0.15) is 12.2 Å². The zero-order valence-electron chi connectivity index (χ0n) is 25.6. The molecule has 0 radical (unpaired) electrons. The molecule has 0 bridgehead atoms. The van der Waals surface area contributed by atoms with Gasteiger partial charge in [0, 0.05) is 22.3 Å². The average molecular weight is 621 g/mol. The van der Waals surface area contributed by atoms with Gasteiger partial charge in [-0.05, 0) is 91.0 Å². The molecule has 4 N–H and O–H groups in total. The van der Waals surface area contributed by atoms with E-state index in [1.807, 2.05) is 121 Å². The number of aliphatic hydroxyl groups excluding tert-OH is 2. The number of rotatable bonds is 0. The summed E-state index contributed by atoms with van der Waals surface area (Å²) in [6, 6.07) is 38.7. The van der Waals surface area contributed by atoms with Gasteiger partial charge in [0.2, 0.25) is 0 Å². The maximum absolute atomic E-state index is 11.2. The van der Waals surface area contributed by atoms with Gasteiger partial charge in [-0.15, -0.1) is 12.8 Å². The second-order valence-corrected chi connectivity index (χ2v) is 12.8. The number of fused-ring (bicyclic) bond motifs is 12. The van der Waals surface area contributed by atoms with E-state index in [0.29, 0.717) is 22.3 Å². The van der Waals surface area contributed by atoms with E-state index in [0.717, 1.165) is 66.8 Å². The molecule has 6 aromatic rings. The highest BCUT2D eigenvalue weighted by Gasteiger charge is 2.46. The van der Waals surface area contributed by atoms with Crippen molar-refractivity contribution >= 4 is 0 Å². The topological polar surface area (TPSA) is 80.9 Å². The smallest absolute Gasteiger partial charge is 0.177 e. The standard InChI is InChI=1S/C24H14O2.C20H14O2/c1-3-23(25)19-11-7-5-9-15(19)17-14-22-18(13-21(17)23)16-10-6-8-12-20(16)24(22,26)4-2;21-19-13-7-3-1-5-11(13)15-9-18-16(10-17(15)19)12-6-2-4-8-14(12)20(18)22/h1-2,5-14,25-26H;1-10,19-22H. The molecule has 0 aromatic heterocycles. The van der Waals surface area contributed by atoms with Crippen LogP contribution in [0.3, 0.4) is 0 Å². The minimum atomic E-state index is -1.49. The fraction of sp³-hybridized carbons (Fsp3) is 0.0909. The lowest BCUT2D eigenvalue weighted by molar-refractivity contribution is 0.148. The molecule has 0 amide bonds. The molecule has 0 heterocycles. The van der Waals surface area contributed by atoms with Crippen LogP contribution in [-0.2, 0) is 11.2 Å². The SMILES string of the molecule is C#CC1(O)c2ccccc2-c2cc3c(cc21)-c1ccccc1C3(O)C#C.OC1c2ccccc2-c2cc3c(cc21)-c1ccccc1C3O. The summed E-state index contributed by atoms with van der Waals surface area (Å²) >= 11 is 0. The summed E-state index contributed by atoms with van der Waals surface area (Å²) < 4.78 is 0. The van der Waals surface area contributed by atoms with Crippen LogP contribution >= 0.6 is 0 Å². The zero-order chi connectivity index (χ0) is 32.9. The van der Waals surface area contributed by atoms with Crippen molar-refractivity contribution < 1.29 is 20.4 Å². The Bertz CT molecular complexity index is 2290. The molecule has 4 heteroatoms. The van der Waals surface area contributed by atoms with Crippen molar-refractivity contribution in [3.8, 4) is 69.2 Å². The molecule has 0 saturated carbocycles. The van der Waals surface area contributed by atoms with E-state index in [1.165, 1.54) is 0 Å². The minimum absolute atomic E-state index is 0.582. The molecular weight excluding hydrogens is 592 g/mol. The molecule has 48 heavy (non-hydrogen) atoms. The molecule has 4 atom stereocenters. The quantitative estimate of drug-likeness (QED) is 0.136. The molecule has 0 saturated heterocycles. The Hall–Kier alpha value is -5.72. The van der Waals surface area contributed by atoms with E-state index in [9.17, 15) is 20.4 Å². The van der Waals surface area contributed by atoms with Crippen LogP contribution in [0.1, 0.15) is 56.7 Å². The second-order valence-electron chi connectivity index (χ2n) is 12.8. The fourth-order valence-corrected chi connectivity index (χ4v) is 8.16. The first-order chi connectivity index (χ1) is 23.3. The van der Waals surface area contributed by atoms with Crippen molar-refractivity contribution in [1.29, 1.82) is 0 Å². The Labute approximate surface area is 278 Å². The Balaban J connectivity index is 0.000000132. The Morgan fingerprint density at radius 1 is 0.396 bits per heavy atom. The number of benzene rings is 6. The lowest BCUT2D eigenvalue weighted by Gasteiger charge is -2.21. The Kier molecular flexibility index (Phi) is 5.87. The van der Waals surface area contributed by atoms with Crippen molar-refractivity contribution in [2.45, 2.75) is 23.4 Å².